The van der Waals surface area contributed by atoms with Crippen molar-refractivity contribution >= 4 is 5.97 Å². The normalized spacial score (nSPS) is 12.5. The third-order valence-electron chi connectivity index (χ3n) is 3.56. The van der Waals surface area contributed by atoms with Crippen molar-refractivity contribution in [2.24, 2.45) is 5.73 Å². The zero-order chi connectivity index (χ0) is 17.7. The molecule has 0 aliphatic heterocycles. The Kier molecular flexibility index (Phi) is 5.62. The molecule has 0 fully saturated rings. The van der Waals surface area contributed by atoms with Crippen LogP contribution in [0, 0.1) is 0 Å². The van der Waals surface area contributed by atoms with Gasteiger partial charge in [-0.1, -0.05) is 42.5 Å². The molecule has 24 heavy (non-hydrogen) atoms. The number of benzene rings is 2. The molecule has 0 saturated heterocycles. The minimum absolute atomic E-state index is 0.391. The summed E-state index contributed by atoms with van der Waals surface area (Å²) in [4.78, 5) is 12.2. The van der Waals surface area contributed by atoms with Crippen LogP contribution >= 0.6 is 0 Å². The monoisotopic (exact) mass is 327 g/mol. The SMILES string of the molecule is COc1ccccc1-c1ccccc1C[C@H](N)C(=O)OC(C)(C)C. The number of carbonyl (C=O) groups excluding carboxylic acids is 1. The van der Waals surface area contributed by atoms with Gasteiger partial charge < -0.3 is 15.2 Å². The Balaban J connectivity index is 2.28. The second-order valence-corrected chi connectivity index (χ2v) is 6.70. The van der Waals surface area contributed by atoms with E-state index < -0.39 is 17.6 Å². The van der Waals surface area contributed by atoms with Gasteiger partial charge in [-0.05, 0) is 44.4 Å². The van der Waals surface area contributed by atoms with Crippen molar-refractivity contribution in [1.29, 1.82) is 0 Å². The summed E-state index contributed by atoms with van der Waals surface area (Å²) >= 11 is 0. The van der Waals surface area contributed by atoms with Crippen LogP contribution in [0.3, 0.4) is 0 Å². The molecule has 1 atom stereocenters. The van der Waals surface area contributed by atoms with Gasteiger partial charge in [-0.25, -0.2) is 0 Å². The number of methoxy groups -OCH3 is 1. The van der Waals surface area contributed by atoms with E-state index in [9.17, 15) is 4.79 Å². The van der Waals surface area contributed by atoms with Crippen LogP contribution in [-0.4, -0.2) is 24.7 Å². The van der Waals surface area contributed by atoms with Gasteiger partial charge in [0.2, 0.25) is 0 Å². The third-order valence-corrected chi connectivity index (χ3v) is 3.56. The second kappa shape index (κ2) is 7.49. The Morgan fingerprint density at radius 2 is 1.62 bits per heavy atom. The maximum Gasteiger partial charge on any atom is 0.323 e. The van der Waals surface area contributed by atoms with Gasteiger partial charge in [0.25, 0.3) is 0 Å². The lowest BCUT2D eigenvalue weighted by molar-refractivity contribution is -0.156. The highest BCUT2D eigenvalue weighted by atomic mass is 16.6. The molecule has 4 nitrogen and oxygen atoms in total. The van der Waals surface area contributed by atoms with E-state index in [2.05, 4.69) is 0 Å². The van der Waals surface area contributed by atoms with Crippen LogP contribution in [0.2, 0.25) is 0 Å². The molecule has 0 aliphatic rings. The van der Waals surface area contributed by atoms with Gasteiger partial charge in [-0.15, -0.1) is 0 Å². The zero-order valence-electron chi connectivity index (χ0n) is 14.7. The maximum absolute atomic E-state index is 12.2. The average molecular weight is 327 g/mol. The van der Waals surface area contributed by atoms with Crippen molar-refractivity contribution in [3.8, 4) is 16.9 Å². The number of carbonyl (C=O) groups is 1. The predicted molar refractivity (Wildman–Crippen MR) is 96.0 cm³/mol. The van der Waals surface area contributed by atoms with Gasteiger partial charge in [0.15, 0.2) is 0 Å². The molecule has 2 rings (SSSR count). The smallest absolute Gasteiger partial charge is 0.323 e. The van der Waals surface area contributed by atoms with Crippen molar-refractivity contribution in [3.63, 3.8) is 0 Å². The summed E-state index contributed by atoms with van der Waals surface area (Å²) in [5, 5.41) is 0. The standard InChI is InChI=1S/C20H25NO3/c1-20(2,3)24-19(22)17(21)13-14-9-5-6-10-15(14)16-11-7-8-12-18(16)23-4/h5-12,17H,13,21H2,1-4H3/t17-/m0/s1. The molecule has 0 heterocycles. The van der Waals surface area contributed by atoms with E-state index in [1.54, 1.807) is 7.11 Å². The van der Waals surface area contributed by atoms with Gasteiger partial charge in [-0.3, -0.25) is 4.79 Å². The fraction of sp³-hybridized carbons (Fsp3) is 0.350. The number of ether oxygens (including phenoxy) is 2. The highest BCUT2D eigenvalue weighted by Gasteiger charge is 2.23. The Hall–Kier alpha value is -2.33. The summed E-state index contributed by atoms with van der Waals surface area (Å²) in [6, 6.07) is 15.0. The van der Waals surface area contributed by atoms with Gasteiger partial charge in [0, 0.05) is 5.56 Å². The lowest BCUT2D eigenvalue weighted by Gasteiger charge is -2.22. The molecular formula is C20H25NO3. The average Bonchev–Trinajstić information content (AvgIpc) is 2.53. The number of esters is 1. The van der Waals surface area contributed by atoms with Gasteiger partial charge in [0.05, 0.1) is 7.11 Å². The summed E-state index contributed by atoms with van der Waals surface area (Å²) < 4.78 is 10.8. The van der Waals surface area contributed by atoms with Crippen molar-refractivity contribution < 1.29 is 14.3 Å². The first-order valence-electron chi connectivity index (χ1n) is 8.01. The number of rotatable bonds is 5. The lowest BCUT2D eigenvalue weighted by atomic mass is 9.94. The summed E-state index contributed by atoms with van der Waals surface area (Å²) in [6.45, 7) is 5.50. The largest absolute Gasteiger partial charge is 0.496 e. The van der Waals surface area contributed by atoms with Crippen molar-refractivity contribution in [1.82, 2.24) is 0 Å². The zero-order valence-corrected chi connectivity index (χ0v) is 14.7. The minimum atomic E-state index is -0.708. The van der Waals surface area contributed by atoms with E-state index in [0.717, 1.165) is 22.4 Å². The number of hydrogen-bond acceptors (Lipinski definition) is 4. The fourth-order valence-corrected chi connectivity index (χ4v) is 2.53. The van der Waals surface area contributed by atoms with E-state index in [-0.39, 0.29) is 0 Å². The van der Waals surface area contributed by atoms with Crippen molar-refractivity contribution in [3.05, 3.63) is 54.1 Å². The van der Waals surface area contributed by atoms with Crippen molar-refractivity contribution in [2.75, 3.05) is 7.11 Å². The van der Waals surface area contributed by atoms with Crippen LogP contribution in [0.25, 0.3) is 11.1 Å². The van der Waals surface area contributed by atoms with E-state index >= 15 is 0 Å². The molecule has 128 valence electrons. The quantitative estimate of drug-likeness (QED) is 0.853. The van der Waals surface area contributed by atoms with Gasteiger partial charge >= 0.3 is 5.97 Å². The van der Waals surface area contributed by atoms with E-state index in [1.165, 1.54) is 0 Å². The van der Waals surface area contributed by atoms with Crippen LogP contribution in [0.5, 0.6) is 5.75 Å². The molecule has 2 aromatic rings. The van der Waals surface area contributed by atoms with E-state index in [4.69, 9.17) is 15.2 Å². The molecule has 0 amide bonds. The summed E-state index contributed by atoms with van der Waals surface area (Å²) in [7, 11) is 1.65. The van der Waals surface area contributed by atoms with Gasteiger partial charge in [0.1, 0.15) is 17.4 Å². The number of para-hydroxylation sites is 1. The highest BCUT2D eigenvalue weighted by Crippen LogP contribution is 2.32. The van der Waals surface area contributed by atoms with Crippen molar-refractivity contribution in [2.45, 2.75) is 38.8 Å². The Bertz CT molecular complexity index is 704. The summed E-state index contributed by atoms with van der Waals surface area (Å²) in [5.41, 5.74) is 8.50. The Morgan fingerprint density at radius 3 is 2.25 bits per heavy atom. The topological polar surface area (TPSA) is 61.5 Å². The lowest BCUT2D eigenvalue weighted by Crippen LogP contribution is -2.38. The predicted octanol–water partition coefficient (Wildman–Crippen LogP) is 3.57. The summed E-state index contributed by atoms with van der Waals surface area (Å²) in [5.74, 6) is 0.396. The van der Waals surface area contributed by atoms with Gasteiger partial charge in [-0.2, -0.15) is 0 Å². The molecule has 0 radical (unpaired) electrons. The molecule has 0 saturated carbocycles. The van der Waals surface area contributed by atoms with Crippen LogP contribution in [0.4, 0.5) is 0 Å². The molecule has 0 spiro atoms. The van der Waals surface area contributed by atoms with Crippen LogP contribution in [-0.2, 0) is 16.0 Å². The third kappa shape index (κ3) is 4.59. The molecule has 2 aromatic carbocycles. The summed E-state index contributed by atoms with van der Waals surface area (Å²) in [6.07, 6.45) is 0.406. The molecule has 0 aromatic heterocycles. The van der Waals surface area contributed by atoms with E-state index in [1.807, 2.05) is 69.3 Å². The molecular weight excluding hydrogens is 302 g/mol. The van der Waals surface area contributed by atoms with Crippen LogP contribution in [0.15, 0.2) is 48.5 Å². The first kappa shape index (κ1) is 18.0. The Morgan fingerprint density at radius 1 is 1.04 bits per heavy atom. The van der Waals surface area contributed by atoms with Crippen LogP contribution < -0.4 is 10.5 Å². The fourth-order valence-electron chi connectivity index (χ4n) is 2.53. The number of nitrogens with two attached hydrogens (primary N) is 1. The minimum Gasteiger partial charge on any atom is -0.496 e. The molecule has 0 unspecified atom stereocenters. The van der Waals surface area contributed by atoms with E-state index in [0.29, 0.717) is 6.42 Å². The van der Waals surface area contributed by atoms with Crippen LogP contribution in [0.1, 0.15) is 26.3 Å². The molecule has 0 aliphatic carbocycles. The number of hydrogen-bond donors (Lipinski definition) is 1. The highest BCUT2D eigenvalue weighted by molar-refractivity contribution is 5.78. The Labute approximate surface area is 143 Å². The first-order valence-corrected chi connectivity index (χ1v) is 8.01. The molecule has 2 N–H and O–H groups in total. The molecule has 4 heteroatoms. The molecule has 0 bridgehead atoms. The first-order chi connectivity index (χ1) is 11.3. The maximum atomic E-state index is 12.2. The second-order valence-electron chi connectivity index (χ2n) is 6.70.